The monoisotopic (exact) mass is 210 g/mol. The van der Waals surface area contributed by atoms with Crippen molar-refractivity contribution in [1.82, 2.24) is 0 Å². The van der Waals surface area contributed by atoms with Crippen LogP contribution in [0.4, 0.5) is 10.1 Å². The number of halogens is 1. The molecule has 0 aliphatic rings. The molecule has 82 valence electrons. The maximum Gasteiger partial charge on any atom is 0.143 e. The molecule has 0 aliphatic heterocycles. The Kier molecular flexibility index (Phi) is 3.31. The Morgan fingerprint density at radius 1 is 1.60 bits per heavy atom. The van der Waals surface area contributed by atoms with Gasteiger partial charge >= 0.3 is 0 Å². The minimum Gasteiger partial charge on any atom is -0.505 e. The molecule has 1 atom stereocenters. The number of aromatic hydroxyl groups is 1. The van der Waals surface area contributed by atoms with Crippen LogP contribution in [-0.2, 0) is 0 Å². The van der Waals surface area contributed by atoms with Crippen molar-refractivity contribution < 1.29 is 9.50 Å². The minimum absolute atomic E-state index is 0.00200. The molecule has 0 heterocycles. The van der Waals surface area contributed by atoms with E-state index in [1.165, 1.54) is 6.07 Å². The van der Waals surface area contributed by atoms with Crippen LogP contribution in [0.15, 0.2) is 24.3 Å². The van der Waals surface area contributed by atoms with Crippen molar-refractivity contribution in [2.75, 3.05) is 5.73 Å². The highest BCUT2D eigenvalue weighted by Crippen LogP contribution is 2.32. The fourth-order valence-electron chi connectivity index (χ4n) is 1.41. The van der Waals surface area contributed by atoms with Crippen molar-refractivity contribution in [1.29, 1.82) is 0 Å². The summed E-state index contributed by atoms with van der Waals surface area (Å²) in [6, 6.07) is 1.77. The normalized spacial score (nSPS) is 12.5. The Morgan fingerprint density at radius 3 is 2.73 bits per heavy atom. The largest absolute Gasteiger partial charge is 0.505 e. The van der Waals surface area contributed by atoms with Gasteiger partial charge in [0.1, 0.15) is 11.6 Å². The molecule has 0 spiro atoms. The summed E-state index contributed by atoms with van der Waals surface area (Å²) < 4.78 is 13.0. The Morgan fingerprint density at radius 2 is 2.20 bits per heavy atom. The van der Waals surface area contributed by atoms with Crippen molar-refractivity contribution in [3.8, 4) is 5.75 Å². The molecule has 0 amide bonds. The molecule has 1 aromatic carbocycles. The Hall–Kier alpha value is -1.55. The van der Waals surface area contributed by atoms with Gasteiger partial charge in [0.15, 0.2) is 0 Å². The van der Waals surface area contributed by atoms with E-state index in [1.54, 1.807) is 0 Å². The van der Waals surface area contributed by atoms with Crippen LogP contribution in [0.5, 0.6) is 5.75 Å². The molecule has 0 aliphatic carbocycles. The van der Waals surface area contributed by atoms with Gasteiger partial charge in [-0.05, 0) is 19.4 Å². The summed E-state index contributed by atoms with van der Waals surface area (Å²) in [4.78, 5) is 0. The Labute approximate surface area is 88.2 Å². The third kappa shape index (κ3) is 2.70. The van der Waals surface area contributed by atoms with Gasteiger partial charge in [0, 0.05) is 17.7 Å². The lowest BCUT2D eigenvalue weighted by molar-refractivity contribution is 0.461. The van der Waals surface area contributed by atoms with E-state index in [0.717, 1.165) is 11.6 Å². The second-order valence-corrected chi connectivity index (χ2v) is 3.70. The maximum atomic E-state index is 13.0. The zero-order chi connectivity index (χ0) is 11.6. The van der Waals surface area contributed by atoms with Gasteiger partial charge in [-0.15, -0.1) is 6.58 Å². The molecular formula is C11H15FN2O. The van der Waals surface area contributed by atoms with E-state index in [1.807, 2.05) is 6.92 Å². The van der Waals surface area contributed by atoms with Crippen molar-refractivity contribution in [2.24, 2.45) is 5.73 Å². The summed E-state index contributed by atoms with van der Waals surface area (Å²) in [5.74, 6) is -0.650. The smallest absolute Gasteiger partial charge is 0.143 e. The van der Waals surface area contributed by atoms with Crippen molar-refractivity contribution in [2.45, 2.75) is 19.4 Å². The van der Waals surface area contributed by atoms with E-state index >= 15 is 0 Å². The average molecular weight is 210 g/mol. The molecule has 0 aromatic heterocycles. The third-order valence-electron chi connectivity index (χ3n) is 2.10. The van der Waals surface area contributed by atoms with Crippen LogP contribution in [0.3, 0.4) is 0 Å². The molecule has 0 unspecified atom stereocenters. The van der Waals surface area contributed by atoms with Gasteiger partial charge in [-0.1, -0.05) is 5.57 Å². The lowest BCUT2D eigenvalue weighted by Gasteiger charge is -2.14. The van der Waals surface area contributed by atoms with Crippen LogP contribution in [0.2, 0.25) is 0 Å². The average Bonchev–Trinajstić information content (AvgIpc) is 2.09. The molecule has 5 N–H and O–H groups in total. The number of hydrogen-bond donors (Lipinski definition) is 3. The molecule has 3 nitrogen and oxygen atoms in total. The van der Waals surface area contributed by atoms with Gasteiger partial charge in [0.2, 0.25) is 0 Å². The van der Waals surface area contributed by atoms with E-state index in [9.17, 15) is 9.50 Å². The van der Waals surface area contributed by atoms with Gasteiger partial charge in [-0.25, -0.2) is 4.39 Å². The van der Waals surface area contributed by atoms with Crippen molar-refractivity contribution in [3.05, 3.63) is 35.7 Å². The van der Waals surface area contributed by atoms with Crippen molar-refractivity contribution in [3.63, 3.8) is 0 Å². The number of benzene rings is 1. The van der Waals surface area contributed by atoms with Gasteiger partial charge in [-0.2, -0.15) is 0 Å². The molecule has 15 heavy (non-hydrogen) atoms. The van der Waals surface area contributed by atoms with E-state index in [0.29, 0.717) is 12.0 Å². The molecule has 4 heteroatoms. The topological polar surface area (TPSA) is 72.3 Å². The summed E-state index contributed by atoms with van der Waals surface area (Å²) in [7, 11) is 0. The summed E-state index contributed by atoms with van der Waals surface area (Å²) in [5.41, 5.74) is 12.4. The van der Waals surface area contributed by atoms with Crippen molar-refractivity contribution >= 4 is 5.69 Å². The lowest BCUT2D eigenvalue weighted by Crippen LogP contribution is -2.11. The molecule has 0 saturated carbocycles. The van der Waals surface area contributed by atoms with E-state index < -0.39 is 11.9 Å². The SMILES string of the molecule is C=C(C)C[C@H](N)c1cc(F)cc(N)c1O. The predicted molar refractivity (Wildman–Crippen MR) is 58.8 cm³/mol. The van der Waals surface area contributed by atoms with E-state index in [2.05, 4.69) is 6.58 Å². The fourth-order valence-corrected chi connectivity index (χ4v) is 1.41. The van der Waals surface area contributed by atoms with Crippen LogP contribution < -0.4 is 11.5 Å². The van der Waals surface area contributed by atoms with Crippen LogP contribution in [-0.4, -0.2) is 5.11 Å². The fraction of sp³-hybridized carbons (Fsp3) is 0.273. The standard InChI is InChI=1S/C11H15FN2O/c1-6(2)3-9(13)8-4-7(12)5-10(14)11(8)15/h4-5,9,15H,1,3,13-14H2,2H3/t9-/m0/s1. The quantitative estimate of drug-likeness (QED) is 0.406. The van der Waals surface area contributed by atoms with E-state index in [-0.39, 0.29) is 11.4 Å². The number of anilines is 1. The molecular weight excluding hydrogens is 195 g/mol. The number of nitrogen functional groups attached to an aromatic ring is 1. The summed E-state index contributed by atoms with van der Waals surface area (Å²) in [5, 5.41) is 9.60. The van der Waals surface area contributed by atoms with E-state index in [4.69, 9.17) is 11.5 Å². The summed E-state index contributed by atoms with van der Waals surface area (Å²) in [6.45, 7) is 5.53. The number of phenols is 1. The molecule has 0 bridgehead atoms. The van der Waals surface area contributed by atoms with Crippen LogP contribution >= 0.6 is 0 Å². The number of rotatable bonds is 3. The second kappa shape index (κ2) is 4.31. The van der Waals surface area contributed by atoms with Gasteiger partial charge in [0.25, 0.3) is 0 Å². The first kappa shape index (κ1) is 11.5. The van der Waals surface area contributed by atoms with Gasteiger partial charge < -0.3 is 16.6 Å². The lowest BCUT2D eigenvalue weighted by atomic mass is 9.99. The zero-order valence-corrected chi connectivity index (χ0v) is 8.63. The molecule has 0 radical (unpaired) electrons. The zero-order valence-electron chi connectivity index (χ0n) is 8.63. The third-order valence-corrected chi connectivity index (χ3v) is 2.10. The minimum atomic E-state index is -0.502. The molecule has 1 rings (SSSR count). The highest BCUT2D eigenvalue weighted by Gasteiger charge is 2.14. The van der Waals surface area contributed by atoms with Gasteiger partial charge in [0.05, 0.1) is 5.69 Å². The molecule has 1 aromatic rings. The molecule has 0 saturated heterocycles. The van der Waals surface area contributed by atoms with Gasteiger partial charge in [-0.3, -0.25) is 0 Å². The predicted octanol–water partition coefficient (Wildman–Crippen LogP) is 2.08. The summed E-state index contributed by atoms with van der Waals surface area (Å²) >= 11 is 0. The first-order valence-corrected chi connectivity index (χ1v) is 4.59. The summed E-state index contributed by atoms with van der Waals surface area (Å²) in [6.07, 6.45) is 0.483. The number of phenolic OH excluding ortho intramolecular Hbond substituents is 1. The highest BCUT2D eigenvalue weighted by atomic mass is 19.1. The number of hydrogen-bond acceptors (Lipinski definition) is 3. The highest BCUT2D eigenvalue weighted by molar-refractivity contribution is 5.57. The Bertz CT molecular complexity index is 390. The second-order valence-electron chi connectivity index (χ2n) is 3.70. The van der Waals surface area contributed by atoms with Crippen LogP contribution in [0.1, 0.15) is 24.9 Å². The first-order chi connectivity index (χ1) is 6.91. The Balaban J connectivity index is 3.07. The number of nitrogens with two attached hydrogens (primary N) is 2. The van der Waals surface area contributed by atoms with Crippen LogP contribution in [0.25, 0.3) is 0 Å². The maximum absolute atomic E-state index is 13.0. The van der Waals surface area contributed by atoms with Crippen LogP contribution in [0, 0.1) is 5.82 Å². The first-order valence-electron chi connectivity index (χ1n) is 4.59. The molecule has 0 fully saturated rings.